The molecule has 0 bridgehead atoms. The van der Waals surface area contributed by atoms with Crippen LogP contribution in [-0.4, -0.2) is 19.3 Å². The second-order valence-corrected chi connectivity index (χ2v) is 2.78. The van der Waals surface area contributed by atoms with Crippen molar-refractivity contribution < 1.29 is 9.53 Å². The fourth-order valence-corrected chi connectivity index (χ4v) is 1.11. The molecule has 0 saturated heterocycles. The van der Waals surface area contributed by atoms with Crippen LogP contribution in [0.3, 0.4) is 0 Å². The average Bonchev–Trinajstić information content (AvgIpc) is 2.25. The minimum absolute atomic E-state index is 0.280. The largest absolute Gasteiger partial charge is 0.496 e. The molecule has 0 aliphatic heterocycles. The zero-order valence-electron chi connectivity index (χ0n) is 7.71. The van der Waals surface area contributed by atoms with Gasteiger partial charge in [0.2, 0.25) is 0 Å². The quantitative estimate of drug-likeness (QED) is 0.423. The van der Waals surface area contributed by atoms with Gasteiger partial charge in [0.15, 0.2) is 6.29 Å². The smallest absolute Gasteiger partial charge is 0.153 e. The number of halogens is 1. The monoisotopic (exact) mass is 208 g/mol. The van der Waals surface area contributed by atoms with Crippen molar-refractivity contribution in [2.24, 2.45) is 0 Å². The Balaban J connectivity index is 3.07. The van der Waals surface area contributed by atoms with Gasteiger partial charge in [-0.1, -0.05) is 11.8 Å². The van der Waals surface area contributed by atoms with Crippen LogP contribution in [0.15, 0.2) is 18.2 Å². The zero-order valence-corrected chi connectivity index (χ0v) is 8.47. The normalized spacial score (nSPS) is 8.71. The van der Waals surface area contributed by atoms with Crippen molar-refractivity contribution in [1.82, 2.24) is 0 Å². The van der Waals surface area contributed by atoms with Gasteiger partial charge in [-0.2, -0.15) is 0 Å². The van der Waals surface area contributed by atoms with Gasteiger partial charge < -0.3 is 4.74 Å². The first kappa shape index (κ1) is 10.6. The molecule has 0 radical (unpaired) electrons. The van der Waals surface area contributed by atoms with Crippen molar-refractivity contribution in [3.05, 3.63) is 29.3 Å². The molecular weight excluding hydrogens is 200 g/mol. The van der Waals surface area contributed by atoms with E-state index in [1.165, 1.54) is 7.11 Å². The molecule has 0 amide bonds. The summed E-state index contributed by atoms with van der Waals surface area (Å²) in [5, 5.41) is 0. The number of carbonyl (C=O) groups excluding carboxylic acids is 1. The Morgan fingerprint density at radius 2 is 2.36 bits per heavy atom. The molecule has 72 valence electrons. The molecule has 0 aromatic heterocycles. The second-order valence-electron chi connectivity index (χ2n) is 2.51. The molecule has 0 saturated carbocycles. The lowest BCUT2D eigenvalue weighted by molar-refractivity contribution is 0.112. The first-order chi connectivity index (χ1) is 6.81. The summed E-state index contributed by atoms with van der Waals surface area (Å²) in [5.74, 6) is 6.37. The molecule has 3 heteroatoms. The topological polar surface area (TPSA) is 26.3 Å². The second kappa shape index (κ2) is 5.31. The standard InChI is InChI=1S/C11H9ClO2/c1-14-11-5-4-9(3-2-6-12)7-10(11)8-13/h4-5,7-8H,6H2,1H3. The van der Waals surface area contributed by atoms with E-state index >= 15 is 0 Å². The molecule has 2 nitrogen and oxygen atoms in total. The maximum absolute atomic E-state index is 10.7. The zero-order chi connectivity index (χ0) is 10.4. The fraction of sp³-hybridized carbons (Fsp3) is 0.182. The molecule has 0 fully saturated rings. The fourth-order valence-electron chi connectivity index (χ4n) is 1.04. The van der Waals surface area contributed by atoms with Crippen LogP contribution >= 0.6 is 11.6 Å². The Morgan fingerprint density at radius 3 is 2.93 bits per heavy atom. The first-order valence-electron chi connectivity index (χ1n) is 4.00. The lowest BCUT2D eigenvalue weighted by Gasteiger charge is -2.02. The van der Waals surface area contributed by atoms with Gasteiger partial charge in [-0.25, -0.2) is 0 Å². The van der Waals surface area contributed by atoms with Crippen LogP contribution in [0.1, 0.15) is 15.9 Å². The molecule has 1 aromatic rings. The predicted octanol–water partition coefficient (Wildman–Crippen LogP) is 2.10. The highest BCUT2D eigenvalue weighted by molar-refractivity contribution is 6.19. The number of ether oxygens (including phenoxy) is 1. The van der Waals surface area contributed by atoms with Gasteiger partial charge in [0.1, 0.15) is 5.75 Å². The van der Waals surface area contributed by atoms with Crippen molar-refractivity contribution in [2.45, 2.75) is 0 Å². The molecule has 1 rings (SSSR count). The molecule has 0 spiro atoms. The third-order valence-electron chi connectivity index (χ3n) is 1.66. The van der Waals surface area contributed by atoms with Crippen LogP contribution in [0.2, 0.25) is 0 Å². The molecule has 0 heterocycles. The van der Waals surface area contributed by atoms with Crippen LogP contribution in [-0.2, 0) is 0 Å². The van der Waals surface area contributed by atoms with Crippen LogP contribution < -0.4 is 4.74 Å². The third kappa shape index (κ3) is 2.51. The summed E-state index contributed by atoms with van der Waals surface area (Å²) in [5.41, 5.74) is 1.25. The van der Waals surface area contributed by atoms with Crippen LogP contribution in [0.25, 0.3) is 0 Å². The summed E-state index contributed by atoms with van der Waals surface area (Å²) in [7, 11) is 1.52. The van der Waals surface area contributed by atoms with Crippen molar-refractivity contribution in [3.63, 3.8) is 0 Å². The van der Waals surface area contributed by atoms with E-state index in [-0.39, 0.29) is 5.88 Å². The maximum atomic E-state index is 10.7. The number of aldehydes is 1. The minimum Gasteiger partial charge on any atom is -0.496 e. The van der Waals surface area contributed by atoms with E-state index in [1.807, 2.05) is 0 Å². The average molecular weight is 209 g/mol. The number of rotatable bonds is 2. The lowest BCUT2D eigenvalue weighted by Crippen LogP contribution is -1.90. The minimum atomic E-state index is 0.280. The number of hydrogen-bond acceptors (Lipinski definition) is 2. The predicted molar refractivity (Wildman–Crippen MR) is 56.0 cm³/mol. The number of methoxy groups -OCH3 is 1. The summed E-state index contributed by atoms with van der Waals surface area (Å²) in [6.45, 7) is 0. The molecular formula is C11H9ClO2. The van der Waals surface area contributed by atoms with Crippen molar-refractivity contribution in [2.75, 3.05) is 13.0 Å². The first-order valence-corrected chi connectivity index (χ1v) is 4.53. The Hall–Kier alpha value is -1.46. The molecule has 0 N–H and O–H groups in total. The number of benzene rings is 1. The van der Waals surface area contributed by atoms with Gasteiger partial charge in [0, 0.05) is 5.56 Å². The van der Waals surface area contributed by atoms with Crippen molar-refractivity contribution in [1.29, 1.82) is 0 Å². The van der Waals surface area contributed by atoms with Crippen LogP contribution in [0, 0.1) is 11.8 Å². The summed E-state index contributed by atoms with van der Waals surface area (Å²) in [6.07, 6.45) is 0.741. The van der Waals surface area contributed by atoms with Crippen molar-refractivity contribution in [3.8, 4) is 17.6 Å². The molecule has 0 atom stereocenters. The van der Waals surface area contributed by atoms with Gasteiger partial charge >= 0.3 is 0 Å². The van der Waals surface area contributed by atoms with Gasteiger partial charge in [0.25, 0.3) is 0 Å². The van der Waals surface area contributed by atoms with Gasteiger partial charge in [-0.15, -0.1) is 11.6 Å². The van der Waals surface area contributed by atoms with E-state index in [4.69, 9.17) is 16.3 Å². The van der Waals surface area contributed by atoms with E-state index in [1.54, 1.807) is 18.2 Å². The van der Waals surface area contributed by atoms with Crippen molar-refractivity contribution >= 4 is 17.9 Å². The van der Waals surface area contributed by atoms with Crippen LogP contribution in [0.4, 0.5) is 0 Å². The van der Waals surface area contributed by atoms with E-state index in [0.717, 1.165) is 11.8 Å². The molecule has 0 unspecified atom stereocenters. The van der Waals surface area contributed by atoms with Crippen LogP contribution in [0.5, 0.6) is 5.75 Å². The molecule has 0 aliphatic carbocycles. The summed E-state index contributed by atoms with van der Waals surface area (Å²) >= 11 is 5.42. The molecule has 14 heavy (non-hydrogen) atoms. The van der Waals surface area contributed by atoms with E-state index in [9.17, 15) is 4.79 Å². The summed E-state index contributed by atoms with van der Waals surface area (Å²) < 4.78 is 4.99. The highest BCUT2D eigenvalue weighted by atomic mass is 35.5. The summed E-state index contributed by atoms with van der Waals surface area (Å²) in [4.78, 5) is 10.7. The van der Waals surface area contributed by atoms with E-state index in [0.29, 0.717) is 11.3 Å². The number of alkyl halides is 1. The van der Waals surface area contributed by atoms with Gasteiger partial charge in [-0.3, -0.25) is 4.79 Å². The Kier molecular flexibility index (Phi) is 4.03. The highest BCUT2D eigenvalue weighted by Gasteiger charge is 2.01. The summed E-state index contributed by atoms with van der Waals surface area (Å²) in [6, 6.07) is 5.17. The Morgan fingerprint density at radius 1 is 1.57 bits per heavy atom. The maximum Gasteiger partial charge on any atom is 0.153 e. The molecule has 1 aromatic carbocycles. The molecule has 0 aliphatic rings. The number of carbonyl (C=O) groups is 1. The lowest BCUT2D eigenvalue weighted by atomic mass is 10.1. The Bertz CT molecular complexity index is 388. The van der Waals surface area contributed by atoms with E-state index in [2.05, 4.69) is 11.8 Å². The number of hydrogen-bond donors (Lipinski definition) is 0. The van der Waals surface area contributed by atoms with Gasteiger partial charge in [0.05, 0.1) is 18.6 Å². The highest BCUT2D eigenvalue weighted by Crippen LogP contribution is 2.17. The Labute approximate surface area is 87.8 Å². The third-order valence-corrected chi connectivity index (χ3v) is 1.79. The SMILES string of the molecule is COc1ccc(C#CCCl)cc1C=O. The van der Waals surface area contributed by atoms with E-state index < -0.39 is 0 Å². The van der Waals surface area contributed by atoms with Gasteiger partial charge in [-0.05, 0) is 18.2 Å².